The zero-order chi connectivity index (χ0) is 11.1. The van der Waals surface area contributed by atoms with Gasteiger partial charge in [-0.15, -0.1) is 0 Å². The summed E-state index contributed by atoms with van der Waals surface area (Å²) in [5, 5.41) is 0. The first kappa shape index (κ1) is 13.7. The van der Waals surface area contributed by atoms with Crippen LogP contribution in [-0.4, -0.2) is 0 Å². The molecule has 2 aromatic carbocycles. The summed E-state index contributed by atoms with van der Waals surface area (Å²) in [7, 11) is 0. The van der Waals surface area contributed by atoms with Gasteiger partial charge >= 0.3 is 21.7 Å². The largest absolute Gasteiger partial charge is 2.00 e. The Labute approximate surface area is 118 Å². The van der Waals surface area contributed by atoms with E-state index < -0.39 is 0 Å². The molecular formula is C16H14Ti+2. The van der Waals surface area contributed by atoms with Crippen molar-refractivity contribution in [1.82, 2.24) is 0 Å². The summed E-state index contributed by atoms with van der Waals surface area (Å²) >= 11 is 0. The van der Waals surface area contributed by atoms with Crippen LogP contribution in [0.4, 0.5) is 0 Å². The summed E-state index contributed by atoms with van der Waals surface area (Å²) in [4.78, 5) is 0. The van der Waals surface area contributed by atoms with E-state index in [2.05, 4.69) is 48.6 Å². The molecule has 0 atom stereocenters. The molecule has 0 bridgehead atoms. The molecule has 0 aliphatic carbocycles. The summed E-state index contributed by atoms with van der Waals surface area (Å²) in [5.74, 6) is 0. The van der Waals surface area contributed by atoms with Gasteiger partial charge in [-0.25, -0.2) is 0 Å². The zero-order valence-electron chi connectivity index (χ0n) is 9.58. The average molecular weight is 254 g/mol. The molecule has 17 heavy (non-hydrogen) atoms. The molecule has 80 valence electrons. The molecule has 0 N–H and O–H groups in total. The van der Waals surface area contributed by atoms with Crippen LogP contribution >= 0.6 is 0 Å². The molecule has 0 heterocycles. The second-order valence-electron chi connectivity index (χ2n) is 3.54. The van der Waals surface area contributed by atoms with Crippen LogP contribution in [0.5, 0.6) is 0 Å². The van der Waals surface area contributed by atoms with Crippen LogP contribution in [0.25, 0.3) is 12.2 Å². The van der Waals surface area contributed by atoms with Gasteiger partial charge in [-0.1, -0.05) is 85.0 Å². The molecule has 0 aliphatic rings. The summed E-state index contributed by atoms with van der Waals surface area (Å²) in [6.07, 6.45) is 8.31. The second kappa shape index (κ2) is 7.83. The topological polar surface area (TPSA) is 0 Å². The van der Waals surface area contributed by atoms with Crippen molar-refractivity contribution in [2.45, 2.75) is 0 Å². The summed E-state index contributed by atoms with van der Waals surface area (Å²) in [5.41, 5.74) is 2.44. The van der Waals surface area contributed by atoms with Crippen molar-refractivity contribution in [3.05, 3.63) is 83.9 Å². The van der Waals surface area contributed by atoms with Crippen LogP contribution < -0.4 is 0 Å². The predicted molar refractivity (Wildman–Crippen MR) is 71.0 cm³/mol. The molecule has 1 heteroatoms. The van der Waals surface area contributed by atoms with Crippen molar-refractivity contribution in [2.24, 2.45) is 0 Å². The number of hydrogen-bond donors (Lipinski definition) is 0. The van der Waals surface area contributed by atoms with Gasteiger partial charge in [0.05, 0.1) is 0 Å². The fourth-order valence-corrected chi connectivity index (χ4v) is 1.46. The van der Waals surface area contributed by atoms with Gasteiger partial charge in [-0.05, 0) is 11.1 Å². The maximum Gasteiger partial charge on any atom is 2.00 e. The van der Waals surface area contributed by atoms with Crippen LogP contribution in [0.2, 0.25) is 0 Å². The zero-order valence-corrected chi connectivity index (χ0v) is 11.1. The number of rotatable bonds is 3. The molecule has 0 saturated heterocycles. The van der Waals surface area contributed by atoms with Crippen molar-refractivity contribution in [3.63, 3.8) is 0 Å². The fraction of sp³-hybridized carbons (Fsp3) is 0. The number of allylic oxidation sites excluding steroid dienone is 2. The van der Waals surface area contributed by atoms with Crippen molar-refractivity contribution in [3.8, 4) is 0 Å². The van der Waals surface area contributed by atoms with E-state index in [0.717, 1.165) is 0 Å². The molecule has 0 radical (unpaired) electrons. The third kappa shape index (κ3) is 4.99. The Balaban J connectivity index is 0.00000144. The van der Waals surface area contributed by atoms with Gasteiger partial charge in [-0.2, -0.15) is 0 Å². The minimum absolute atomic E-state index is 0. The van der Waals surface area contributed by atoms with Crippen LogP contribution in [0.15, 0.2) is 72.8 Å². The SMILES string of the molecule is C(/C=C/c1ccccc1)=C\c1ccccc1.[Ti+2]. The average Bonchev–Trinajstić information content (AvgIpc) is 2.37. The van der Waals surface area contributed by atoms with Gasteiger partial charge in [-0.3, -0.25) is 0 Å². The Morgan fingerprint density at radius 2 is 0.882 bits per heavy atom. The van der Waals surface area contributed by atoms with Crippen molar-refractivity contribution < 1.29 is 21.7 Å². The van der Waals surface area contributed by atoms with Gasteiger partial charge in [0, 0.05) is 0 Å². The van der Waals surface area contributed by atoms with Gasteiger partial charge in [0.1, 0.15) is 0 Å². The number of benzene rings is 2. The molecule has 2 rings (SSSR count). The first-order valence-corrected chi connectivity index (χ1v) is 5.40. The first-order valence-electron chi connectivity index (χ1n) is 5.40. The minimum atomic E-state index is 0. The van der Waals surface area contributed by atoms with E-state index in [9.17, 15) is 0 Å². The fourth-order valence-electron chi connectivity index (χ4n) is 1.46. The van der Waals surface area contributed by atoms with Crippen molar-refractivity contribution >= 4 is 12.2 Å². The van der Waals surface area contributed by atoms with E-state index in [0.29, 0.717) is 0 Å². The van der Waals surface area contributed by atoms with E-state index in [-0.39, 0.29) is 21.7 Å². The van der Waals surface area contributed by atoms with E-state index in [1.165, 1.54) is 11.1 Å². The molecule has 0 spiro atoms. The van der Waals surface area contributed by atoms with E-state index in [4.69, 9.17) is 0 Å². The first-order chi connectivity index (χ1) is 7.95. The predicted octanol–water partition coefficient (Wildman–Crippen LogP) is 4.41. The Morgan fingerprint density at radius 1 is 0.529 bits per heavy atom. The summed E-state index contributed by atoms with van der Waals surface area (Å²) in [6, 6.07) is 20.6. The Morgan fingerprint density at radius 3 is 1.24 bits per heavy atom. The monoisotopic (exact) mass is 254 g/mol. The quantitative estimate of drug-likeness (QED) is 0.562. The van der Waals surface area contributed by atoms with E-state index in [1.54, 1.807) is 0 Å². The smallest absolute Gasteiger partial charge is 0.0622 e. The Kier molecular flexibility index (Phi) is 6.31. The van der Waals surface area contributed by atoms with E-state index in [1.807, 2.05) is 36.4 Å². The van der Waals surface area contributed by atoms with Gasteiger partial charge in [0.25, 0.3) is 0 Å². The molecule has 0 aliphatic heterocycles. The number of hydrogen-bond acceptors (Lipinski definition) is 0. The molecule has 0 nitrogen and oxygen atoms in total. The van der Waals surface area contributed by atoms with Crippen LogP contribution in [0.3, 0.4) is 0 Å². The van der Waals surface area contributed by atoms with Crippen LogP contribution in [0, 0.1) is 0 Å². The van der Waals surface area contributed by atoms with Crippen LogP contribution in [0.1, 0.15) is 11.1 Å². The molecule has 0 unspecified atom stereocenters. The Bertz CT molecular complexity index is 422. The summed E-state index contributed by atoms with van der Waals surface area (Å²) < 4.78 is 0. The molecule has 0 aromatic heterocycles. The third-order valence-electron chi connectivity index (χ3n) is 2.29. The van der Waals surface area contributed by atoms with Gasteiger partial charge < -0.3 is 0 Å². The molecule has 0 saturated carbocycles. The van der Waals surface area contributed by atoms with Crippen molar-refractivity contribution in [2.75, 3.05) is 0 Å². The van der Waals surface area contributed by atoms with Crippen LogP contribution in [-0.2, 0) is 21.7 Å². The van der Waals surface area contributed by atoms with Crippen molar-refractivity contribution in [1.29, 1.82) is 0 Å². The third-order valence-corrected chi connectivity index (χ3v) is 2.29. The van der Waals surface area contributed by atoms with E-state index >= 15 is 0 Å². The Hall–Kier alpha value is -1.37. The summed E-state index contributed by atoms with van der Waals surface area (Å²) in [6.45, 7) is 0. The molecular weight excluding hydrogens is 240 g/mol. The standard InChI is InChI=1S/C16H14.Ti/c1-3-9-15(10-4-1)13-7-8-14-16-11-5-2-6-12-16;/h1-14H;/q;+2/b13-7+,14-8+;. The van der Waals surface area contributed by atoms with Gasteiger partial charge in [0.15, 0.2) is 0 Å². The molecule has 0 fully saturated rings. The minimum Gasteiger partial charge on any atom is -0.0622 e. The van der Waals surface area contributed by atoms with Gasteiger partial charge in [0.2, 0.25) is 0 Å². The molecule has 2 aromatic rings. The normalized spacial score (nSPS) is 10.6. The maximum atomic E-state index is 2.10. The maximum absolute atomic E-state index is 2.10. The second-order valence-corrected chi connectivity index (χ2v) is 3.54. The molecule has 0 amide bonds.